The molecule has 6 nitrogen and oxygen atoms in total. The molecule has 0 aliphatic carbocycles. The Hall–Kier alpha value is -2.36. The van der Waals surface area contributed by atoms with Gasteiger partial charge >= 0.3 is 0 Å². The minimum Gasteiger partial charge on any atom is -0.352 e. The molecule has 2 aromatic carbocycles. The summed E-state index contributed by atoms with van der Waals surface area (Å²) in [5.74, 6) is -1.36. The van der Waals surface area contributed by atoms with Crippen LogP contribution in [0.15, 0.2) is 47.4 Å². The molecular weight excluding hydrogens is 448 g/mol. The SMILES string of the molecule is CC1CC(C)CN(Cc2ccccc2CNC(=O)CCNS(=O)(=O)c2ccc(F)c(F)c2)C1. The number of likely N-dealkylation sites (tertiary alicyclic amines) is 1. The minimum absolute atomic E-state index is 0.0772. The van der Waals surface area contributed by atoms with Gasteiger partial charge in [0.2, 0.25) is 15.9 Å². The molecule has 0 bridgehead atoms. The van der Waals surface area contributed by atoms with E-state index in [1.807, 2.05) is 18.2 Å². The van der Waals surface area contributed by atoms with Crippen molar-refractivity contribution in [1.29, 1.82) is 0 Å². The lowest BCUT2D eigenvalue weighted by Gasteiger charge is -2.35. The first-order chi connectivity index (χ1) is 15.6. The highest BCUT2D eigenvalue weighted by Gasteiger charge is 2.22. The van der Waals surface area contributed by atoms with Gasteiger partial charge in [-0.15, -0.1) is 0 Å². The molecule has 1 fully saturated rings. The van der Waals surface area contributed by atoms with E-state index in [1.54, 1.807) is 0 Å². The first-order valence-corrected chi connectivity index (χ1v) is 12.6. The van der Waals surface area contributed by atoms with Crippen molar-refractivity contribution in [3.63, 3.8) is 0 Å². The smallest absolute Gasteiger partial charge is 0.240 e. The molecule has 1 saturated heterocycles. The van der Waals surface area contributed by atoms with E-state index in [2.05, 4.69) is 34.9 Å². The molecule has 1 aliphatic heterocycles. The van der Waals surface area contributed by atoms with Crippen LogP contribution < -0.4 is 10.0 Å². The summed E-state index contributed by atoms with van der Waals surface area (Å²) in [6.07, 6.45) is 1.17. The van der Waals surface area contributed by atoms with E-state index in [-0.39, 0.29) is 18.9 Å². The van der Waals surface area contributed by atoms with Crippen molar-refractivity contribution in [3.8, 4) is 0 Å². The first kappa shape index (κ1) is 25.3. The second kappa shape index (κ2) is 11.2. The molecule has 9 heteroatoms. The monoisotopic (exact) mass is 479 g/mol. The van der Waals surface area contributed by atoms with E-state index >= 15 is 0 Å². The largest absolute Gasteiger partial charge is 0.352 e. The van der Waals surface area contributed by atoms with Gasteiger partial charge in [-0.3, -0.25) is 9.69 Å². The average molecular weight is 480 g/mol. The molecular formula is C24H31F2N3O3S. The molecule has 0 spiro atoms. The molecule has 2 atom stereocenters. The number of hydrogen-bond donors (Lipinski definition) is 2. The Bertz CT molecular complexity index is 1070. The Kier molecular flexibility index (Phi) is 8.56. The number of halogens is 2. The summed E-state index contributed by atoms with van der Waals surface area (Å²) in [5.41, 5.74) is 2.19. The number of carbonyl (C=O) groups is 1. The third kappa shape index (κ3) is 7.31. The Morgan fingerprint density at radius 2 is 1.70 bits per heavy atom. The second-order valence-electron chi connectivity index (χ2n) is 8.91. The first-order valence-electron chi connectivity index (χ1n) is 11.1. The lowest BCUT2D eigenvalue weighted by molar-refractivity contribution is -0.121. The zero-order valence-electron chi connectivity index (χ0n) is 19.0. The van der Waals surface area contributed by atoms with Gasteiger partial charge in [-0.1, -0.05) is 38.1 Å². The molecule has 1 amide bonds. The fourth-order valence-corrected chi connectivity index (χ4v) is 5.40. The molecule has 3 rings (SSSR count). The Balaban J connectivity index is 1.49. The fraction of sp³-hybridized carbons (Fsp3) is 0.458. The van der Waals surface area contributed by atoms with Crippen molar-refractivity contribution >= 4 is 15.9 Å². The lowest BCUT2D eigenvalue weighted by Crippen LogP contribution is -2.38. The summed E-state index contributed by atoms with van der Waals surface area (Å²) >= 11 is 0. The maximum absolute atomic E-state index is 13.3. The molecule has 0 aromatic heterocycles. The number of piperidine rings is 1. The van der Waals surface area contributed by atoms with Gasteiger partial charge in [0.05, 0.1) is 4.90 Å². The van der Waals surface area contributed by atoms with E-state index in [1.165, 1.54) is 6.42 Å². The summed E-state index contributed by atoms with van der Waals surface area (Å²) in [7, 11) is -4.04. The zero-order valence-corrected chi connectivity index (χ0v) is 19.8. The van der Waals surface area contributed by atoms with E-state index in [0.717, 1.165) is 42.9 Å². The van der Waals surface area contributed by atoms with Crippen molar-refractivity contribution < 1.29 is 22.0 Å². The van der Waals surface area contributed by atoms with Crippen LogP contribution in [-0.4, -0.2) is 38.9 Å². The van der Waals surface area contributed by atoms with Gasteiger partial charge in [-0.25, -0.2) is 21.9 Å². The quantitative estimate of drug-likeness (QED) is 0.578. The summed E-state index contributed by atoms with van der Waals surface area (Å²) in [6.45, 7) is 7.69. The van der Waals surface area contributed by atoms with E-state index in [9.17, 15) is 22.0 Å². The Morgan fingerprint density at radius 3 is 2.36 bits per heavy atom. The van der Waals surface area contributed by atoms with Crippen LogP contribution in [0.25, 0.3) is 0 Å². The van der Waals surface area contributed by atoms with Crippen molar-refractivity contribution in [1.82, 2.24) is 14.9 Å². The van der Waals surface area contributed by atoms with Crippen LogP contribution >= 0.6 is 0 Å². The van der Waals surface area contributed by atoms with Crippen molar-refractivity contribution in [2.24, 2.45) is 11.8 Å². The number of hydrogen-bond acceptors (Lipinski definition) is 4. The topological polar surface area (TPSA) is 78.5 Å². The average Bonchev–Trinajstić information content (AvgIpc) is 2.74. The Morgan fingerprint density at radius 1 is 1.03 bits per heavy atom. The van der Waals surface area contributed by atoms with Gasteiger partial charge < -0.3 is 5.32 Å². The number of sulfonamides is 1. The lowest BCUT2D eigenvalue weighted by atomic mass is 9.91. The summed E-state index contributed by atoms with van der Waals surface area (Å²) in [4.78, 5) is 14.3. The van der Waals surface area contributed by atoms with E-state index in [4.69, 9.17) is 0 Å². The standard InChI is InChI=1S/C24H31F2N3O3S/c1-17-11-18(2)15-29(14-17)16-20-6-4-3-5-19(20)13-27-24(30)9-10-28-33(31,32)21-7-8-22(25)23(26)12-21/h3-8,12,17-18,28H,9-11,13-16H2,1-2H3,(H,27,30). The molecule has 1 heterocycles. The minimum atomic E-state index is -4.04. The van der Waals surface area contributed by atoms with Crippen LogP contribution in [0.1, 0.15) is 37.8 Å². The number of benzene rings is 2. The zero-order chi connectivity index (χ0) is 24.0. The van der Waals surface area contributed by atoms with Crippen LogP contribution in [0.4, 0.5) is 8.78 Å². The van der Waals surface area contributed by atoms with Gasteiger partial charge in [-0.2, -0.15) is 0 Å². The summed E-state index contributed by atoms with van der Waals surface area (Å²) in [5, 5.41) is 2.83. The molecule has 2 unspecified atom stereocenters. The third-order valence-corrected chi connectivity index (χ3v) is 7.24. The van der Waals surface area contributed by atoms with E-state index in [0.29, 0.717) is 24.4 Å². The van der Waals surface area contributed by atoms with Gasteiger partial charge in [0, 0.05) is 39.1 Å². The van der Waals surface area contributed by atoms with Crippen LogP contribution in [-0.2, 0) is 27.9 Å². The molecule has 0 saturated carbocycles. The molecule has 0 radical (unpaired) electrons. The van der Waals surface area contributed by atoms with Gasteiger partial charge in [0.15, 0.2) is 11.6 Å². The molecule has 2 aromatic rings. The number of nitrogens with one attached hydrogen (secondary N) is 2. The molecule has 180 valence electrons. The highest BCUT2D eigenvalue weighted by molar-refractivity contribution is 7.89. The number of amides is 1. The summed E-state index contributed by atoms with van der Waals surface area (Å²) in [6, 6.07) is 10.3. The van der Waals surface area contributed by atoms with Gasteiger partial charge in [0.1, 0.15) is 0 Å². The van der Waals surface area contributed by atoms with Crippen LogP contribution in [0, 0.1) is 23.5 Å². The Labute approximate surface area is 194 Å². The molecule has 33 heavy (non-hydrogen) atoms. The van der Waals surface area contributed by atoms with Crippen LogP contribution in [0.5, 0.6) is 0 Å². The number of nitrogens with zero attached hydrogens (tertiary/aromatic N) is 1. The third-order valence-electron chi connectivity index (χ3n) is 5.78. The van der Waals surface area contributed by atoms with Gasteiger partial charge in [0.25, 0.3) is 0 Å². The number of carbonyl (C=O) groups excluding carboxylic acids is 1. The van der Waals surface area contributed by atoms with Crippen molar-refractivity contribution in [2.75, 3.05) is 19.6 Å². The van der Waals surface area contributed by atoms with Crippen molar-refractivity contribution in [2.45, 2.75) is 44.7 Å². The van der Waals surface area contributed by atoms with Crippen LogP contribution in [0.2, 0.25) is 0 Å². The summed E-state index contributed by atoms with van der Waals surface area (Å²) < 4.78 is 53.0. The number of rotatable bonds is 9. The molecule has 1 aliphatic rings. The van der Waals surface area contributed by atoms with Crippen LogP contribution in [0.3, 0.4) is 0 Å². The molecule has 2 N–H and O–H groups in total. The normalized spacial score (nSPS) is 19.4. The van der Waals surface area contributed by atoms with Gasteiger partial charge in [-0.05, 0) is 47.6 Å². The predicted molar refractivity (Wildman–Crippen MR) is 123 cm³/mol. The van der Waals surface area contributed by atoms with E-state index < -0.39 is 26.6 Å². The highest BCUT2D eigenvalue weighted by atomic mass is 32.2. The maximum Gasteiger partial charge on any atom is 0.240 e. The second-order valence-corrected chi connectivity index (χ2v) is 10.7. The van der Waals surface area contributed by atoms with Crippen molar-refractivity contribution in [3.05, 3.63) is 65.2 Å². The fourth-order valence-electron chi connectivity index (χ4n) is 4.35. The maximum atomic E-state index is 13.3. The highest BCUT2D eigenvalue weighted by Crippen LogP contribution is 2.23. The predicted octanol–water partition coefficient (Wildman–Crippen LogP) is 3.43.